The highest BCUT2D eigenvalue weighted by Crippen LogP contribution is 2.34. The van der Waals surface area contributed by atoms with E-state index in [2.05, 4.69) is 25.3 Å². The summed E-state index contributed by atoms with van der Waals surface area (Å²) in [7, 11) is -4.18. The molecule has 0 aliphatic rings. The molecule has 0 aliphatic carbocycles. The Bertz CT molecular complexity index is 2770. The number of nitrogens with zero attached hydrogens (tertiary/aromatic N) is 2. The maximum Gasteiger partial charge on any atom is 0.416 e. The number of alkyl halides is 3. The van der Waals surface area contributed by atoms with Gasteiger partial charge in [0.25, 0.3) is 0 Å². The van der Waals surface area contributed by atoms with Gasteiger partial charge in [0.2, 0.25) is 21.6 Å². The van der Waals surface area contributed by atoms with Crippen LogP contribution in [0.25, 0.3) is 0 Å². The molecule has 308 valence electrons. The number of rotatable bonds is 13. The lowest BCUT2D eigenvalue weighted by Crippen LogP contribution is -2.23. The maximum atomic E-state index is 12.8. The molecule has 0 saturated carbocycles. The summed E-state index contributed by atoms with van der Waals surface area (Å²) in [5.41, 5.74) is 10.9. The zero-order chi connectivity index (χ0) is 43.0. The molecule has 10 nitrogen and oxygen atoms in total. The number of carbonyl (C=O) groups is 2. The summed E-state index contributed by atoms with van der Waals surface area (Å²) in [4.78, 5) is 34.5. The molecule has 7 rings (SSSR count). The zero-order valence-corrected chi connectivity index (χ0v) is 35.1. The number of thiazole rings is 2. The number of aromatic nitrogens is 2. The summed E-state index contributed by atoms with van der Waals surface area (Å²) >= 11 is 8.37. The Morgan fingerprint density at radius 3 is 1.68 bits per heavy atom. The van der Waals surface area contributed by atoms with Gasteiger partial charge in [-0.05, 0) is 78.6 Å². The standard InChI is InChI=1S/C25H19ClF3N3O3S2.C18H17N3OS/c1-15-5-2-3-8-19(15)23(33)21-14-30-24(36-21)32-18-7-4-6-16(11-18)13-31-37(34,35)22-10-9-17(12-20(22)26)25(27,28)29;1-12-5-2-3-8-15(12)17(22)16-11-20-18(23-16)21-14-7-4-6-13(9-14)10-19/h2-12,14,31H,13H2,1H3,(H,30,32);2-9,11H,10,19H2,1H3,(H,20,21). The van der Waals surface area contributed by atoms with Crippen molar-refractivity contribution in [1.82, 2.24) is 14.7 Å². The quantitative estimate of drug-likeness (QED) is 0.0828. The van der Waals surface area contributed by atoms with Gasteiger partial charge in [0.1, 0.15) is 4.90 Å². The number of halogens is 4. The van der Waals surface area contributed by atoms with E-state index in [4.69, 9.17) is 17.3 Å². The number of hydrogen-bond acceptors (Lipinski definition) is 11. The third-order valence-corrected chi connectivity index (χ3v) is 12.6. The minimum absolute atomic E-state index is 0.00404. The molecule has 7 aromatic rings. The van der Waals surface area contributed by atoms with Gasteiger partial charge in [-0.2, -0.15) is 13.2 Å². The predicted octanol–water partition coefficient (Wildman–Crippen LogP) is 10.5. The van der Waals surface area contributed by atoms with Gasteiger partial charge in [-0.25, -0.2) is 23.1 Å². The van der Waals surface area contributed by atoms with Gasteiger partial charge < -0.3 is 16.4 Å². The first kappa shape index (κ1) is 43.8. The van der Waals surface area contributed by atoms with Gasteiger partial charge in [-0.15, -0.1) is 0 Å². The second-order valence-electron chi connectivity index (χ2n) is 13.2. The van der Waals surface area contributed by atoms with Crippen molar-refractivity contribution in [2.75, 3.05) is 10.6 Å². The normalized spacial score (nSPS) is 11.4. The number of hydrogen-bond donors (Lipinski definition) is 4. The van der Waals surface area contributed by atoms with E-state index in [0.29, 0.717) is 61.1 Å². The van der Waals surface area contributed by atoms with Crippen LogP contribution in [0.3, 0.4) is 0 Å². The predicted molar refractivity (Wildman–Crippen MR) is 231 cm³/mol. The summed E-state index contributed by atoms with van der Waals surface area (Å²) in [5.74, 6) is -0.127. The largest absolute Gasteiger partial charge is 0.416 e. The number of ketones is 2. The third kappa shape index (κ3) is 11.1. The van der Waals surface area contributed by atoms with Gasteiger partial charge in [0.05, 0.1) is 32.7 Å². The van der Waals surface area contributed by atoms with Crippen LogP contribution in [0, 0.1) is 13.8 Å². The molecule has 0 fully saturated rings. The van der Waals surface area contributed by atoms with Crippen molar-refractivity contribution in [3.05, 3.63) is 181 Å². The molecule has 2 aromatic heterocycles. The molecule has 60 heavy (non-hydrogen) atoms. The van der Waals surface area contributed by atoms with E-state index >= 15 is 0 Å². The molecule has 0 aliphatic heterocycles. The van der Waals surface area contributed by atoms with E-state index in [1.807, 2.05) is 74.5 Å². The third-order valence-electron chi connectivity index (χ3n) is 8.85. The van der Waals surface area contributed by atoms with E-state index in [-0.39, 0.29) is 18.1 Å². The Labute approximate surface area is 357 Å². The minimum atomic E-state index is -4.64. The van der Waals surface area contributed by atoms with Crippen LogP contribution < -0.4 is 21.1 Å². The fourth-order valence-electron chi connectivity index (χ4n) is 5.73. The first-order valence-electron chi connectivity index (χ1n) is 18.0. The number of sulfonamides is 1. The molecule has 0 bridgehead atoms. The first-order chi connectivity index (χ1) is 28.6. The monoisotopic (exact) mass is 888 g/mol. The Morgan fingerprint density at radius 1 is 0.700 bits per heavy atom. The van der Waals surface area contributed by atoms with Gasteiger partial charge in [-0.3, -0.25) is 9.59 Å². The highest BCUT2D eigenvalue weighted by Gasteiger charge is 2.32. The van der Waals surface area contributed by atoms with Crippen LogP contribution in [-0.4, -0.2) is 30.0 Å². The summed E-state index contributed by atoms with van der Waals surface area (Å²) in [6.07, 6.45) is -1.53. The Morgan fingerprint density at radius 2 is 1.20 bits per heavy atom. The van der Waals surface area contributed by atoms with E-state index in [1.165, 1.54) is 28.9 Å². The number of nitrogens with one attached hydrogen (secondary N) is 3. The number of carbonyl (C=O) groups excluding carboxylic acids is 2. The van der Waals surface area contributed by atoms with Gasteiger partial charge in [0.15, 0.2) is 10.3 Å². The lowest BCUT2D eigenvalue weighted by molar-refractivity contribution is -0.137. The lowest BCUT2D eigenvalue weighted by Gasteiger charge is -2.12. The minimum Gasteiger partial charge on any atom is -0.332 e. The van der Waals surface area contributed by atoms with Crippen LogP contribution in [0.5, 0.6) is 0 Å². The van der Waals surface area contributed by atoms with Crippen molar-refractivity contribution in [1.29, 1.82) is 0 Å². The van der Waals surface area contributed by atoms with Crippen LogP contribution >= 0.6 is 34.3 Å². The number of benzene rings is 5. The van der Waals surface area contributed by atoms with Gasteiger partial charge in [0, 0.05) is 35.6 Å². The van der Waals surface area contributed by atoms with Crippen LogP contribution in [0.15, 0.2) is 133 Å². The van der Waals surface area contributed by atoms with E-state index in [1.54, 1.807) is 42.6 Å². The van der Waals surface area contributed by atoms with Crippen molar-refractivity contribution in [3.8, 4) is 0 Å². The molecule has 5 aromatic carbocycles. The SMILES string of the molecule is Cc1ccccc1C(=O)c1cnc(Nc2cccc(CN)c2)s1.Cc1ccccc1C(=O)c1cnc(Nc2cccc(CNS(=O)(=O)c3ccc(C(F)(F)F)cc3Cl)c2)s1. The first-order valence-corrected chi connectivity index (χ1v) is 21.5. The molecule has 5 N–H and O–H groups in total. The molecule has 0 saturated heterocycles. The molecule has 0 atom stereocenters. The molecule has 0 unspecified atom stereocenters. The number of nitrogens with two attached hydrogens (primary N) is 1. The summed E-state index contributed by atoms with van der Waals surface area (Å²) in [5, 5.41) is 6.95. The molecular weight excluding hydrogens is 853 g/mol. The van der Waals surface area contributed by atoms with Gasteiger partial charge in [-0.1, -0.05) is 107 Å². The second kappa shape index (κ2) is 19.1. The Kier molecular flexibility index (Phi) is 13.9. The van der Waals surface area contributed by atoms with Crippen molar-refractivity contribution >= 4 is 77.5 Å². The topological polar surface area (TPSA) is 156 Å². The average molecular weight is 889 g/mol. The highest BCUT2D eigenvalue weighted by atomic mass is 35.5. The molecule has 2 heterocycles. The highest BCUT2D eigenvalue weighted by molar-refractivity contribution is 7.89. The van der Waals surface area contributed by atoms with Crippen molar-refractivity contribution in [3.63, 3.8) is 0 Å². The fraction of sp³-hybridized carbons (Fsp3) is 0.116. The van der Waals surface area contributed by atoms with Crippen LogP contribution in [0.2, 0.25) is 5.02 Å². The zero-order valence-electron chi connectivity index (χ0n) is 31.9. The van der Waals surface area contributed by atoms with Crippen molar-refractivity contribution < 1.29 is 31.2 Å². The summed E-state index contributed by atoms with van der Waals surface area (Å²) in [6.45, 7) is 4.15. The lowest BCUT2D eigenvalue weighted by atomic mass is 10.0. The molecule has 0 radical (unpaired) electrons. The van der Waals surface area contributed by atoms with E-state index in [0.717, 1.165) is 28.4 Å². The van der Waals surface area contributed by atoms with E-state index in [9.17, 15) is 31.2 Å². The average Bonchev–Trinajstić information content (AvgIpc) is 3.90. The van der Waals surface area contributed by atoms with Gasteiger partial charge >= 0.3 is 6.18 Å². The smallest absolute Gasteiger partial charge is 0.332 e. The summed E-state index contributed by atoms with van der Waals surface area (Å²) in [6, 6.07) is 31.6. The molecule has 0 amide bonds. The van der Waals surface area contributed by atoms with Crippen LogP contribution in [-0.2, 0) is 29.3 Å². The number of anilines is 4. The molecule has 17 heteroatoms. The molecule has 0 spiro atoms. The summed E-state index contributed by atoms with van der Waals surface area (Å²) < 4.78 is 66.2. The second-order valence-corrected chi connectivity index (χ2v) is 17.4. The van der Waals surface area contributed by atoms with Crippen molar-refractivity contribution in [2.24, 2.45) is 5.73 Å². The van der Waals surface area contributed by atoms with Crippen LogP contribution in [0.1, 0.15) is 58.3 Å². The van der Waals surface area contributed by atoms with Crippen molar-refractivity contribution in [2.45, 2.75) is 38.0 Å². The number of aryl methyl sites for hydroxylation is 2. The van der Waals surface area contributed by atoms with E-state index < -0.39 is 31.7 Å². The van der Waals surface area contributed by atoms with Crippen LogP contribution in [0.4, 0.5) is 34.8 Å². The molecular formula is C43H36ClF3N6O4S3. The Hall–Kier alpha value is -5.75. The Balaban J connectivity index is 0.000000224. The maximum absolute atomic E-state index is 12.8. The fourth-order valence-corrected chi connectivity index (χ4v) is 8.87.